The summed E-state index contributed by atoms with van der Waals surface area (Å²) in [4.78, 5) is 29.5. The highest BCUT2D eigenvalue weighted by Crippen LogP contribution is 2.28. The topological polar surface area (TPSA) is 87.8 Å². The van der Waals surface area contributed by atoms with Gasteiger partial charge in [0, 0.05) is 26.2 Å². The Bertz CT molecular complexity index is 764. The van der Waals surface area contributed by atoms with Crippen molar-refractivity contribution in [3.05, 3.63) is 27.2 Å². The maximum atomic E-state index is 12.7. The van der Waals surface area contributed by atoms with Gasteiger partial charge in [0.25, 0.3) is 5.56 Å². The summed E-state index contributed by atoms with van der Waals surface area (Å²) in [7, 11) is 1.78. The van der Waals surface area contributed by atoms with Crippen LogP contribution in [-0.4, -0.2) is 25.2 Å². The van der Waals surface area contributed by atoms with E-state index in [2.05, 4.69) is 4.98 Å². The summed E-state index contributed by atoms with van der Waals surface area (Å²) in [5, 5.41) is 0. The molecular weight excluding hydrogens is 270 g/mol. The van der Waals surface area contributed by atoms with Crippen molar-refractivity contribution in [2.24, 2.45) is 12.8 Å². The minimum atomic E-state index is -0.299. The molecular formula is C14H21N5O2. The molecule has 2 N–H and O–H groups in total. The van der Waals surface area contributed by atoms with E-state index in [4.69, 9.17) is 5.73 Å². The fourth-order valence-corrected chi connectivity index (χ4v) is 3.27. The number of imidazole rings is 1. The van der Waals surface area contributed by atoms with Crippen LogP contribution in [0.5, 0.6) is 0 Å². The van der Waals surface area contributed by atoms with Crippen LogP contribution in [0.25, 0.3) is 11.2 Å². The molecule has 0 radical (unpaired) electrons. The third-order valence-electron chi connectivity index (χ3n) is 4.32. The molecule has 7 heteroatoms. The molecule has 1 fully saturated rings. The van der Waals surface area contributed by atoms with Crippen molar-refractivity contribution in [1.82, 2.24) is 18.7 Å². The van der Waals surface area contributed by atoms with Gasteiger partial charge in [-0.05, 0) is 12.8 Å². The number of nitrogens with zero attached hydrogens (tertiary/aromatic N) is 4. The van der Waals surface area contributed by atoms with Crippen molar-refractivity contribution in [2.45, 2.75) is 44.7 Å². The maximum absolute atomic E-state index is 12.7. The van der Waals surface area contributed by atoms with Gasteiger partial charge in [0.1, 0.15) is 0 Å². The molecule has 0 bridgehead atoms. The molecule has 0 unspecified atom stereocenters. The Hall–Kier alpha value is -1.89. The molecule has 0 amide bonds. The molecule has 1 saturated carbocycles. The number of hydrogen-bond donors (Lipinski definition) is 1. The van der Waals surface area contributed by atoms with Gasteiger partial charge >= 0.3 is 5.69 Å². The van der Waals surface area contributed by atoms with Gasteiger partial charge in [-0.2, -0.15) is 0 Å². The molecule has 114 valence electrons. The van der Waals surface area contributed by atoms with E-state index in [0.29, 0.717) is 11.2 Å². The van der Waals surface area contributed by atoms with Crippen LogP contribution >= 0.6 is 0 Å². The van der Waals surface area contributed by atoms with Crippen LogP contribution in [0.2, 0.25) is 0 Å². The zero-order valence-electron chi connectivity index (χ0n) is 12.3. The molecule has 0 spiro atoms. The number of aromatic nitrogens is 4. The number of aryl methyl sites for hydroxylation is 1. The lowest BCUT2D eigenvalue weighted by atomic mass is 9.95. The first-order chi connectivity index (χ1) is 10.1. The monoisotopic (exact) mass is 291 g/mol. The summed E-state index contributed by atoms with van der Waals surface area (Å²) in [6, 6.07) is 0.133. The van der Waals surface area contributed by atoms with Gasteiger partial charge in [0.2, 0.25) is 0 Å². The van der Waals surface area contributed by atoms with E-state index in [0.717, 1.165) is 25.7 Å². The largest absolute Gasteiger partial charge is 0.333 e. The van der Waals surface area contributed by atoms with Crippen molar-refractivity contribution in [2.75, 3.05) is 6.54 Å². The maximum Gasteiger partial charge on any atom is 0.333 e. The molecule has 7 nitrogen and oxygen atoms in total. The Kier molecular flexibility index (Phi) is 3.67. The summed E-state index contributed by atoms with van der Waals surface area (Å²) in [6.07, 6.45) is 6.96. The lowest BCUT2D eigenvalue weighted by Crippen LogP contribution is -2.43. The Labute approximate surface area is 122 Å². The predicted octanol–water partition coefficient (Wildman–Crippen LogP) is 0.361. The highest BCUT2D eigenvalue weighted by molar-refractivity contribution is 5.70. The van der Waals surface area contributed by atoms with E-state index >= 15 is 0 Å². The van der Waals surface area contributed by atoms with Crippen molar-refractivity contribution in [1.29, 1.82) is 0 Å². The second kappa shape index (κ2) is 5.48. The normalized spacial score (nSPS) is 16.7. The van der Waals surface area contributed by atoms with Gasteiger partial charge in [-0.15, -0.1) is 0 Å². The van der Waals surface area contributed by atoms with Gasteiger partial charge in [-0.1, -0.05) is 19.3 Å². The van der Waals surface area contributed by atoms with Crippen LogP contribution in [0.1, 0.15) is 38.1 Å². The number of hydrogen-bond acceptors (Lipinski definition) is 4. The van der Waals surface area contributed by atoms with Crippen LogP contribution in [-0.2, 0) is 13.6 Å². The molecule has 1 aliphatic rings. The van der Waals surface area contributed by atoms with Gasteiger partial charge in [0.15, 0.2) is 11.2 Å². The summed E-state index contributed by atoms with van der Waals surface area (Å²) in [6.45, 7) is 0.509. The van der Waals surface area contributed by atoms with Gasteiger partial charge in [-0.3, -0.25) is 13.9 Å². The average Bonchev–Trinajstić information content (AvgIpc) is 2.87. The average molecular weight is 291 g/mol. The molecule has 2 aromatic rings. The second-order valence-corrected chi connectivity index (χ2v) is 5.72. The third-order valence-corrected chi connectivity index (χ3v) is 4.32. The SMILES string of the molecule is Cn1cnc2c1c(=O)n(CCN)c(=O)n2C1CCCCC1. The molecule has 2 heterocycles. The molecule has 3 rings (SSSR count). The molecule has 0 aromatic carbocycles. The summed E-state index contributed by atoms with van der Waals surface area (Å²) < 4.78 is 4.65. The second-order valence-electron chi connectivity index (χ2n) is 5.72. The molecule has 0 saturated heterocycles. The van der Waals surface area contributed by atoms with E-state index < -0.39 is 0 Å². The molecule has 0 aliphatic heterocycles. The smallest absolute Gasteiger partial charge is 0.329 e. The van der Waals surface area contributed by atoms with E-state index in [9.17, 15) is 9.59 Å². The summed E-state index contributed by atoms with van der Waals surface area (Å²) >= 11 is 0. The van der Waals surface area contributed by atoms with Crippen molar-refractivity contribution in [3.63, 3.8) is 0 Å². The van der Waals surface area contributed by atoms with Gasteiger partial charge in [0.05, 0.1) is 6.33 Å². The van der Waals surface area contributed by atoms with E-state index in [1.54, 1.807) is 22.5 Å². The fraction of sp³-hybridized carbons (Fsp3) is 0.643. The standard InChI is InChI=1S/C14H21N5O2/c1-17-9-16-12-11(17)13(20)18(8-7-15)14(21)19(12)10-5-3-2-4-6-10/h9-10H,2-8,15H2,1H3. The number of nitrogens with two attached hydrogens (primary N) is 1. The molecule has 21 heavy (non-hydrogen) atoms. The molecule has 1 aliphatic carbocycles. The first-order valence-electron chi connectivity index (χ1n) is 7.51. The van der Waals surface area contributed by atoms with E-state index in [1.165, 1.54) is 11.0 Å². The number of rotatable bonds is 3. The third kappa shape index (κ3) is 2.21. The minimum Gasteiger partial charge on any atom is -0.329 e. The van der Waals surface area contributed by atoms with Crippen LogP contribution < -0.4 is 17.0 Å². The lowest BCUT2D eigenvalue weighted by molar-refractivity contribution is 0.342. The zero-order valence-corrected chi connectivity index (χ0v) is 12.3. The summed E-state index contributed by atoms with van der Waals surface area (Å²) in [5.41, 5.74) is 5.97. The van der Waals surface area contributed by atoms with Crippen molar-refractivity contribution < 1.29 is 0 Å². The first kappa shape index (κ1) is 14.1. The predicted molar refractivity (Wildman–Crippen MR) is 80.4 cm³/mol. The van der Waals surface area contributed by atoms with Crippen LogP contribution in [0.3, 0.4) is 0 Å². The van der Waals surface area contributed by atoms with Gasteiger partial charge in [-0.25, -0.2) is 9.78 Å². The van der Waals surface area contributed by atoms with Crippen molar-refractivity contribution >= 4 is 11.2 Å². The first-order valence-corrected chi connectivity index (χ1v) is 7.51. The van der Waals surface area contributed by atoms with Crippen LogP contribution in [0.4, 0.5) is 0 Å². The Morgan fingerprint density at radius 1 is 1.29 bits per heavy atom. The Morgan fingerprint density at radius 3 is 2.67 bits per heavy atom. The molecule has 0 atom stereocenters. The molecule has 2 aromatic heterocycles. The Balaban J connectivity index is 2.31. The van der Waals surface area contributed by atoms with E-state index in [1.807, 2.05) is 0 Å². The fourth-order valence-electron chi connectivity index (χ4n) is 3.27. The van der Waals surface area contributed by atoms with Crippen molar-refractivity contribution in [3.8, 4) is 0 Å². The minimum absolute atomic E-state index is 0.133. The number of fused-ring (bicyclic) bond motifs is 1. The quantitative estimate of drug-likeness (QED) is 0.884. The van der Waals surface area contributed by atoms with Gasteiger partial charge < -0.3 is 10.3 Å². The highest BCUT2D eigenvalue weighted by Gasteiger charge is 2.23. The highest BCUT2D eigenvalue weighted by atomic mass is 16.2. The zero-order chi connectivity index (χ0) is 15.0. The Morgan fingerprint density at radius 2 is 2.00 bits per heavy atom. The lowest BCUT2D eigenvalue weighted by Gasteiger charge is -2.24. The van der Waals surface area contributed by atoms with Crippen LogP contribution in [0, 0.1) is 0 Å². The van der Waals surface area contributed by atoms with E-state index in [-0.39, 0.29) is 30.4 Å². The van der Waals surface area contributed by atoms with Crippen LogP contribution in [0.15, 0.2) is 15.9 Å². The summed E-state index contributed by atoms with van der Waals surface area (Å²) in [5.74, 6) is 0.